The van der Waals surface area contributed by atoms with E-state index in [1.807, 2.05) is 0 Å². The third-order valence-corrected chi connectivity index (χ3v) is 3.43. The molecule has 0 heterocycles. The van der Waals surface area contributed by atoms with Gasteiger partial charge in [0, 0.05) is 5.38 Å². The molecule has 2 rings (SSSR count). The molecular weight excluding hydrogens is 144 g/mol. The molecule has 2 fully saturated rings. The zero-order valence-corrected chi connectivity index (χ0v) is 7.11. The first-order valence-corrected chi connectivity index (χ1v) is 4.92. The van der Waals surface area contributed by atoms with Gasteiger partial charge in [0.15, 0.2) is 0 Å². The molecule has 1 unspecified atom stereocenters. The van der Waals surface area contributed by atoms with Crippen molar-refractivity contribution in [2.24, 2.45) is 11.8 Å². The van der Waals surface area contributed by atoms with Crippen molar-refractivity contribution in [1.82, 2.24) is 0 Å². The molecule has 0 radical (unpaired) electrons. The Morgan fingerprint density at radius 3 is 2.10 bits per heavy atom. The Kier molecular flexibility index (Phi) is 1.90. The van der Waals surface area contributed by atoms with E-state index in [0.717, 1.165) is 11.8 Å². The molecule has 3 atom stereocenters. The van der Waals surface area contributed by atoms with Crippen LogP contribution in [0.2, 0.25) is 0 Å². The zero-order chi connectivity index (χ0) is 6.97. The summed E-state index contributed by atoms with van der Waals surface area (Å²) in [5.74, 6) is 1.99. The Balaban J connectivity index is 1.98. The number of rotatable bonds is 0. The maximum Gasteiger partial charge on any atom is 0.0341 e. The number of alkyl halides is 1. The topological polar surface area (TPSA) is 0 Å². The van der Waals surface area contributed by atoms with Gasteiger partial charge in [-0.1, -0.05) is 19.3 Å². The highest BCUT2D eigenvalue weighted by atomic mass is 35.5. The molecule has 58 valence electrons. The Hall–Kier alpha value is 0.290. The van der Waals surface area contributed by atoms with Crippen LogP contribution in [0.15, 0.2) is 0 Å². The van der Waals surface area contributed by atoms with Gasteiger partial charge >= 0.3 is 0 Å². The third kappa shape index (κ3) is 1.32. The number of hydrogen-bond donors (Lipinski definition) is 0. The molecule has 0 aromatic carbocycles. The lowest BCUT2D eigenvalue weighted by molar-refractivity contribution is 0.194. The fourth-order valence-electron chi connectivity index (χ4n) is 2.65. The zero-order valence-electron chi connectivity index (χ0n) is 6.35. The predicted molar refractivity (Wildman–Crippen MR) is 44.3 cm³/mol. The maximum atomic E-state index is 6.12. The smallest absolute Gasteiger partial charge is 0.0341 e. The van der Waals surface area contributed by atoms with Crippen LogP contribution in [0.4, 0.5) is 0 Å². The van der Waals surface area contributed by atoms with Crippen molar-refractivity contribution in [2.75, 3.05) is 0 Å². The van der Waals surface area contributed by atoms with Crippen molar-refractivity contribution in [3.63, 3.8) is 0 Å². The van der Waals surface area contributed by atoms with E-state index >= 15 is 0 Å². The molecular formula is C9H15Cl. The van der Waals surface area contributed by atoms with Gasteiger partial charge in [-0.2, -0.15) is 0 Å². The second kappa shape index (κ2) is 2.73. The van der Waals surface area contributed by atoms with E-state index in [2.05, 4.69) is 0 Å². The molecule has 1 heteroatoms. The Morgan fingerprint density at radius 1 is 0.900 bits per heavy atom. The lowest BCUT2D eigenvalue weighted by Crippen LogP contribution is -2.26. The summed E-state index contributed by atoms with van der Waals surface area (Å²) >= 11 is 6.12. The van der Waals surface area contributed by atoms with Gasteiger partial charge in [0.25, 0.3) is 0 Å². The molecule has 0 amide bonds. The van der Waals surface area contributed by atoms with E-state index in [1.54, 1.807) is 0 Å². The lowest BCUT2D eigenvalue weighted by atomic mass is 9.72. The van der Waals surface area contributed by atoms with Crippen LogP contribution in [0.3, 0.4) is 0 Å². The summed E-state index contributed by atoms with van der Waals surface area (Å²) < 4.78 is 0. The predicted octanol–water partition coefficient (Wildman–Crippen LogP) is 3.19. The second-order valence-electron chi connectivity index (χ2n) is 3.97. The molecule has 0 N–H and O–H groups in total. The van der Waals surface area contributed by atoms with Gasteiger partial charge < -0.3 is 0 Å². The third-order valence-electron chi connectivity index (χ3n) is 3.07. The highest BCUT2D eigenvalue weighted by molar-refractivity contribution is 6.20. The molecule has 0 saturated heterocycles. The molecule has 2 bridgehead atoms. The van der Waals surface area contributed by atoms with E-state index < -0.39 is 0 Å². The van der Waals surface area contributed by atoms with Crippen LogP contribution < -0.4 is 0 Å². The normalized spacial score (nSPS) is 47.1. The Labute approximate surface area is 68.0 Å². The van der Waals surface area contributed by atoms with Crippen LogP contribution in [-0.4, -0.2) is 5.38 Å². The van der Waals surface area contributed by atoms with Crippen molar-refractivity contribution in [2.45, 2.75) is 43.9 Å². The first kappa shape index (κ1) is 6.97. The van der Waals surface area contributed by atoms with Crippen molar-refractivity contribution in [3.8, 4) is 0 Å². The Morgan fingerprint density at radius 2 is 1.50 bits per heavy atom. The van der Waals surface area contributed by atoms with Gasteiger partial charge in [-0.3, -0.25) is 0 Å². The maximum absolute atomic E-state index is 6.12. The molecule has 2 aliphatic carbocycles. The van der Waals surface area contributed by atoms with Crippen molar-refractivity contribution in [1.29, 1.82) is 0 Å². The molecule has 0 aromatic heterocycles. The second-order valence-corrected chi connectivity index (χ2v) is 4.58. The molecule has 2 aliphatic rings. The van der Waals surface area contributed by atoms with E-state index in [0.29, 0.717) is 5.38 Å². The Bertz CT molecular complexity index is 106. The van der Waals surface area contributed by atoms with Crippen LogP contribution >= 0.6 is 11.6 Å². The quantitative estimate of drug-likeness (QED) is 0.475. The fourth-order valence-corrected chi connectivity index (χ4v) is 3.15. The summed E-state index contributed by atoms with van der Waals surface area (Å²) in [6, 6.07) is 0. The van der Waals surface area contributed by atoms with Crippen LogP contribution in [0.5, 0.6) is 0 Å². The number of hydrogen-bond acceptors (Lipinski definition) is 0. The highest BCUT2D eigenvalue weighted by Crippen LogP contribution is 2.41. The van der Waals surface area contributed by atoms with Gasteiger partial charge in [0.1, 0.15) is 0 Å². The minimum absolute atomic E-state index is 0.518. The van der Waals surface area contributed by atoms with Gasteiger partial charge in [-0.15, -0.1) is 11.6 Å². The summed E-state index contributed by atoms with van der Waals surface area (Å²) in [5, 5.41) is 0.518. The lowest BCUT2D eigenvalue weighted by Gasteiger charge is -2.36. The highest BCUT2D eigenvalue weighted by Gasteiger charge is 2.30. The fraction of sp³-hybridized carbons (Fsp3) is 1.00. The molecule has 0 spiro atoms. The summed E-state index contributed by atoms with van der Waals surface area (Å²) in [7, 11) is 0. The van der Waals surface area contributed by atoms with Crippen molar-refractivity contribution >= 4 is 11.6 Å². The largest absolute Gasteiger partial charge is 0.123 e. The van der Waals surface area contributed by atoms with Gasteiger partial charge in [-0.05, 0) is 31.1 Å². The van der Waals surface area contributed by atoms with Crippen LogP contribution in [0.1, 0.15) is 38.5 Å². The van der Waals surface area contributed by atoms with Crippen LogP contribution in [0, 0.1) is 11.8 Å². The number of halogens is 1. The molecule has 2 saturated carbocycles. The molecule has 0 aromatic rings. The van der Waals surface area contributed by atoms with E-state index in [9.17, 15) is 0 Å². The summed E-state index contributed by atoms with van der Waals surface area (Å²) in [6.45, 7) is 0. The molecule has 0 aliphatic heterocycles. The average Bonchev–Trinajstić information content (AvgIpc) is 1.85. The van der Waals surface area contributed by atoms with Gasteiger partial charge in [-0.25, -0.2) is 0 Å². The summed E-state index contributed by atoms with van der Waals surface area (Å²) in [6.07, 6.45) is 8.48. The molecule has 0 nitrogen and oxygen atoms in total. The van der Waals surface area contributed by atoms with E-state index in [-0.39, 0.29) is 0 Å². The average molecular weight is 159 g/mol. The minimum Gasteiger partial charge on any atom is -0.123 e. The monoisotopic (exact) mass is 158 g/mol. The van der Waals surface area contributed by atoms with Crippen molar-refractivity contribution in [3.05, 3.63) is 0 Å². The van der Waals surface area contributed by atoms with Crippen molar-refractivity contribution < 1.29 is 0 Å². The van der Waals surface area contributed by atoms with E-state index in [4.69, 9.17) is 11.6 Å². The SMILES string of the molecule is ClC1C[C@H]2CCC[C@@H](C1)C2. The first-order valence-electron chi connectivity index (χ1n) is 4.48. The molecule has 10 heavy (non-hydrogen) atoms. The standard InChI is InChI=1S/C9H15Cl/c10-9-5-7-2-1-3-8(4-7)6-9/h7-9H,1-6H2/t7-,8+,9?. The van der Waals surface area contributed by atoms with Gasteiger partial charge in [0.2, 0.25) is 0 Å². The van der Waals surface area contributed by atoms with E-state index in [1.165, 1.54) is 38.5 Å². The number of fused-ring (bicyclic) bond motifs is 2. The minimum atomic E-state index is 0.518. The van der Waals surface area contributed by atoms with Crippen LogP contribution in [-0.2, 0) is 0 Å². The summed E-state index contributed by atoms with van der Waals surface area (Å²) in [4.78, 5) is 0. The van der Waals surface area contributed by atoms with Crippen LogP contribution in [0.25, 0.3) is 0 Å². The summed E-state index contributed by atoms with van der Waals surface area (Å²) in [5.41, 5.74) is 0. The first-order chi connectivity index (χ1) is 4.84. The van der Waals surface area contributed by atoms with Gasteiger partial charge in [0.05, 0.1) is 0 Å².